The van der Waals surface area contributed by atoms with Crippen LogP contribution in [0.3, 0.4) is 0 Å². The van der Waals surface area contributed by atoms with Crippen molar-refractivity contribution in [2.45, 2.75) is 40.2 Å². The van der Waals surface area contributed by atoms with Crippen molar-refractivity contribution in [2.24, 2.45) is 11.3 Å². The van der Waals surface area contributed by atoms with Crippen LogP contribution in [0.25, 0.3) is 0 Å². The van der Waals surface area contributed by atoms with Crippen LogP contribution < -0.4 is 5.32 Å². The highest BCUT2D eigenvalue weighted by Gasteiger charge is 2.33. The Kier molecular flexibility index (Phi) is 4.51. The largest absolute Gasteiger partial charge is 0.383 e. The summed E-state index contributed by atoms with van der Waals surface area (Å²) in [5, 5.41) is 3.53. The lowest BCUT2D eigenvalue weighted by atomic mass is 9.80. The molecule has 2 nitrogen and oxygen atoms in total. The Hall–Kier alpha value is -1.02. The van der Waals surface area contributed by atoms with Gasteiger partial charge in [-0.2, -0.15) is 0 Å². The Morgan fingerprint density at radius 1 is 1.26 bits per heavy atom. The van der Waals surface area contributed by atoms with E-state index in [9.17, 15) is 0 Å². The van der Waals surface area contributed by atoms with Gasteiger partial charge in [-0.25, -0.2) is 0 Å². The highest BCUT2D eigenvalue weighted by atomic mass is 15.2. The number of likely N-dealkylation sites (tertiary alicyclic amines) is 1. The first kappa shape index (κ1) is 14.4. The third-order valence-electron chi connectivity index (χ3n) is 4.44. The van der Waals surface area contributed by atoms with Gasteiger partial charge in [-0.1, -0.05) is 39.0 Å². The smallest absolute Gasteiger partial charge is 0.0340 e. The molecule has 1 saturated heterocycles. The zero-order valence-corrected chi connectivity index (χ0v) is 12.8. The molecule has 1 aromatic rings. The molecular formula is C17H28N2. The molecule has 1 fully saturated rings. The molecule has 1 aliphatic rings. The van der Waals surface area contributed by atoms with E-state index in [-0.39, 0.29) is 0 Å². The van der Waals surface area contributed by atoms with Gasteiger partial charge >= 0.3 is 0 Å². The first-order valence-corrected chi connectivity index (χ1v) is 7.50. The minimum atomic E-state index is 0.446. The zero-order chi connectivity index (χ0) is 13.9. The number of rotatable bonds is 4. The molecule has 2 atom stereocenters. The van der Waals surface area contributed by atoms with Gasteiger partial charge in [0.25, 0.3) is 0 Å². The van der Waals surface area contributed by atoms with E-state index in [1.165, 1.54) is 25.2 Å². The maximum atomic E-state index is 3.53. The van der Waals surface area contributed by atoms with Crippen LogP contribution in [-0.4, -0.2) is 30.6 Å². The van der Waals surface area contributed by atoms with Crippen LogP contribution >= 0.6 is 0 Å². The molecule has 0 bridgehead atoms. The Labute approximate surface area is 118 Å². The van der Waals surface area contributed by atoms with Gasteiger partial charge in [-0.15, -0.1) is 0 Å². The summed E-state index contributed by atoms with van der Waals surface area (Å²) in [6.07, 6.45) is 1.35. The fourth-order valence-corrected chi connectivity index (χ4v) is 2.85. The molecule has 2 heteroatoms. The first-order chi connectivity index (χ1) is 8.97. The van der Waals surface area contributed by atoms with Crippen LogP contribution in [0, 0.1) is 11.3 Å². The Bertz CT molecular complexity index is 380. The van der Waals surface area contributed by atoms with E-state index >= 15 is 0 Å². The van der Waals surface area contributed by atoms with Crippen molar-refractivity contribution >= 4 is 5.69 Å². The van der Waals surface area contributed by atoms with E-state index in [1.54, 1.807) is 0 Å². The molecule has 0 aliphatic carbocycles. The Morgan fingerprint density at radius 3 is 2.53 bits per heavy atom. The summed E-state index contributed by atoms with van der Waals surface area (Å²) >= 11 is 0. The monoisotopic (exact) mass is 260 g/mol. The molecule has 1 aliphatic heterocycles. The fourth-order valence-electron chi connectivity index (χ4n) is 2.85. The number of hydrogen-bond donors (Lipinski definition) is 1. The number of anilines is 1. The molecule has 0 radical (unpaired) electrons. The van der Waals surface area contributed by atoms with Crippen molar-refractivity contribution in [3.8, 4) is 0 Å². The van der Waals surface area contributed by atoms with Gasteiger partial charge in [-0.3, -0.25) is 4.90 Å². The minimum absolute atomic E-state index is 0.446. The summed E-state index contributed by atoms with van der Waals surface area (Å²) in [7, 11) is 0. The maximum absolute atomic E-state index is 3.53. The van der Waals surface area contributed by atoms with Gasteiger partial charge in [0.2, 0.25) is 0 Å². The highest BCUT2D eigenvalue weighted by molar-refractivity contribution is 5.42. The summed E-state index contributed by atoms with van der Waals surface area (Å²) in [4.78, 5) is 2.63. The molecule has 0 spiro atoms. The lowest BCUT2D eigenvalue weighted by Gasteiger charge is -2.29. The molecule has 0 amide bonds. The molecule has 1 heterocycles. The Morgan fingerprint density at radius 2 is 1.95 bits per heavy atom. The van der Waals surface area contributed by atoms with Crippen molar-refractivity contribution in [2.75, 3.05) is 25.0 Å². The summed E-state index contributed by atoms with van der Waals surface area (Å²) in [5.74, 6) is 0.840. The summed E-state index contributed by atoms with van der Waals surface area (Å²) < 4.78 is 0. The van der Waals surface area contributed by atoms with Crippen LogP contribution in [0.5, 0.6) is 0 Å². The number of benzene rings is 1. The standard InChI is InChI=1S/C17H28N2/c1-14(12-18-16-8-6-5-7-9-16)19-11-10-15(13-19)17(2,3)4/h5-9,14-15,18H,10-13H2,1-4H3. The van der Waals surface area contributed by atoms with Gasteiger partial charge in [-0.05, 0) is 43.4 Å². The predicted octanol–water partition coefficient (Wildman–Crippen LogP) is 3.86. The second-order valence-corrected chi connectivity index (χ2v) is 6.94. The van der Waals surface area contributed by atoms with Crippen LogP contribution in [0.2, 0.25) is 0 Å². The number of para-hydroxylation sites is 1. The molecule has 19 heavy (non-hydrogen) atoms. The second-order valence-electron chi connectivity index (χ2n) is 6.94. The maximum Gasteiger partial charge on any atom is 0.0340 e. The lowest BCUT2D eigenvalue weighted by Crippen LogP contribution is -2.37. The summed E-state index contributed by atoms with van der Waals surface area (Å²) in [5.41, 5.74) is 1.67. The average Bonchev–Trinajstić information content (AvgIpc) is 2.87. The number of nitrogens with zero attached hydrogens (tertiary/aromatic N) is 1. The van der Waals surface area contributed by atoms with Crippen LogP contribution in [0.15, 0.2) is 30.3 Å². The molecular weight excluding hydrogens is 232 g/mol. The molecule has 2 unspecified atom stereocenters. The number of nitrogens with one attached hydrogen (secondary N) is 1. The first-order valence-electron chi connectivity index (χ1n) is 7.50. The fraction of sp³-hybridized carbons (Fsp3) is 0.647. The third kappa shape index (κ3) is 3.97. The van der Waals surface area contributed by atoms with Gasteiger partial charge in [0.1, 0.15) is 0 Å². The molecule has 106 valence electrons. The SMILES string of the molecule is CC(CNc1ccccc1)N1CCC(C(C)(C)C)C1. The van der Waals surface area contributed by atoms with E-state index in [1.807, 2.05) is 0 Å². The van der Waals surface area contributed by atoms with Gasteiger partial charge in [0.05, 0.1) is 0 Å². The van der Waals surface area contributed by atoms with Crippen LogP contribution in [0.4, 0.5) is 5.69 Å². The van der Waals surface area contributed by atoms with Crippen molar-refractivity contribution in [3.05, 3.63) is 30.3 Å². The van der Waals surface area contributed by atoms with E-state index in [0.717, 1.165) is 12.5 Å². The van der Waals surface area contributed by atoms with Crippen LogP contribution in [0.1, 0.15) is 34.1 Å². The molecule has 0 saturated carbocycles. The normalized spacial score (nSPS) is 22.4. The highest BCUT2D eigenvalue weighted by Crippen LogP contribution is 2.34. The summed E-state index contributed by atoms with van der Waals surface area (Å²) in [6, 6.07) is 11.1. The molecule has 1 N–H and O–H groups in total. The van der Waals surface area contributed by atoms with Gasteiger partial charge < -0.3 is 5.32 Å². The van der Waals surface area contributed by atoms with Gasteiger partial charge in [0, 0.05) is 24.8 Å². The number of hydrogen-bond acceptors (Lipinski definition) is 2. The van der Waals surface area contributed by atoms with E-state index in [2.05, 4.69) is 68.2 Å². The topological polar surface area (TPSA) is 15.3 Å². The van der Waals surface area contributed by atoms with Gasteiger partial charge in [0.15, 0.2) is 0 Å². The zero-order valence-electron chi connectivity index (χ0n) is 12.8. The summed E-state index contributed by atoms with van der Waals surface area (Å²) in [6.45, 7) is 13.0. The van der Waals surface area contributed by atoms with Crippen LogP contribution in [-0.2, 0) is 0 Å². The quantitative estimate of drug-likeness (QED) is 0.884. The van der Waals surface area contributed by atoms with Crippen molar-refractivity contribution in [1.82, 2.24) is 4.90 Å². The van der Waals surface area contributed by atoms with E-state index < -0.39 is 0 Å². The average molecular weight is 260 g/mol. The van der Waals surface area contributed by atoms with E-state index in [0.29, 0.717) is 11.5 Å². The van der Waals surface area contributed by atoms with Crippen molar-refractivity contribution in [1.29, 1.82) is 0 Å². The molecule has 1 aromatic carbocycles. The predicted molar refractivity (Wildman–Crippen MR) is 83.5 cm³/mol. The second kappa shape index (κ2) is 5.96. The van der Waals surface area contributed by atoms with Crippen molar-refractivity contribution in [3.63, 3.8) is 0 Å². The lowest BCUT2D eigenvalue weighted by molar-refractivity contribution is 0.206. The molecule has 2 rings (SSSR count). The minimum Gasteiger partial charge on any atom is -0.383 e. The van der Waals surface area contributed by atoms with E-state index in [4.69, 9.17) is 0 Å². The molecule has 0 aromatic heterocycles. The van der Waals surface area contributed by atoms with Crippen molar-refractivity contribution < 1.29 is 0 Å². The third-order valence-corrected chi connectivity index (χ3v) is 4.44. The Balaban J connectivity index is 1.80.